The van der Waals surface area contributed by atoms with E-state index in [9.17, 15) is 13.2 Å². The molecule has 162 valence electrons. The predicted molar refractivity (Wildman–Crippen MR) is 115 cm³/mol. The van der Waals surface area contributed by atoms with E-state index in [1.807, 2.05) is 12.1 Å². The van der Waals surface area contributed by atoms with Crippen LogP contribution in [0.5, 0.6) is 0 Å². The van der Waals surface area contributed by atoms with Crippen LogP contribution in [0.4, 0.5) is 30.6 Å². The lowest BCUT2D eigenvalue weighted by atomic mass is 9.96. The Hall–Kier alpha value is -3.16. The molecule has 31 heavy (non-hydrogen) atoms. The Morgan fingerprint density at radius 2 is 1.71 bits per heavy atom. The van der Waals surface area contributed by atoms with Gasteiger partial charge in [0.2, 0.25) is 5.95 Å². The Bertz CT molecular complexity index is 1030. The van der Waals surface area contributed by atoms with Gasteiger partial charge in [-0.15, -0.1) is 0 Å². The largest absolute Gasteiger partial charge is 0.416 e. The van der Waals surface area contributed by atoms with Crippen molar-refractivity contribution in [1.82, 2.24) is 15.0 Å². The molecule has 0 bridgehead atoms. The number of nitrogens with one attached hydrogen (secondary N) is 2. The highest BCUT2D eigenvalue weighted by atomic mass is 19.4. The summed E-state index contributed by atoms with van der Waals surface area (Å²) in [6, 6.07) is 9.81. The third kappa shape index (κ3) is 5.13. The standard InChI is InChI=1S/C23H24F3N5/c1-15-18(23(24,25)26)8-5-9-19(15)29-21-14-20(16-10-12-27-13-11-16)30-22(31-21)28-17-6-3-2-4-7-17/h5,8-14,17H,2-4,6-7H2,1H3,(H2,28,29,30,31). The van der Waals surface area contributed by atoms with Crippen LogP contribution in [0.1, 0.15) is 43.2 Å². The highest BCUT2D eigenvalue weighted by molar-refractivity contribution is 5.69. The van der Waals surface area contributed by atoms with Crippen LogP contribution in [0.2, 0.25) is 0 Å². The molecule has 4 rings (SSSR count). The minimum Gasteiger partial charge on any atom is -0.351 e. The lowest BCUT2D eigenvalue weighted by molar-refractivity contribution is -0.138. The van der Waals surface area contributed by atoms with Crippen LogP contribution < -0.4 is 10.6 Å². The van der Waals surface area contributed by atoms with Gasteiger partial charge in [0.15, 0.2) is 0 Å². The van der Waals surface area contributed by atoms with E-state index in [-0.39, 0.29) is 5.56 Å². The summed E-state index contributed by atoms with van der Waals surface area (Å²) in [6.45, 7) is 1.46. The summed E-state index contributed by atoms with van der Waals surface area (Å²) in [4.78, 5) is 13.2. The Morgan fingerprint density at radius 3 is 2.42 bits per heavy atom. The van der Waals surface area contributed by atoms with E-state index in [0.717, 1.165) is 37.3 Å². The number of aromatic nitrogens is 3. The van der Waals surface area contributed by atoms with Crippen LogP contribution in [-0.4, -0.2) is 21.0 Å². The summed E-state index contributed by atoms with van der Waals surface area (Å²) < 4.78 is 39.9. The molecule has 2 aromatic heterocycles. The highest BCUT2D eigenvalue weighted by Crippen LogP contribution is 2.35. The molecule has 0 amide bonds. The first-order chi connectivity index (χ1) is 14.9. The second-order valence-corrected chi connectivity index (χ2v) is 7.78. The number of nitrogens with zero attached hydrogens (tertiary/aromatic N) is 3. The fraction of sp³-hybridized carbons (Fsp3) is 0.348. The maximum Gasteiger partial charge on any atom is 0.416 e. The Kier molecular flexibility index (Phi) is 6.06. The van der Waals surface area contributed by atoms with Gasteiger partial charge < -0.3 is 10.6 Å². The molecule has 2 N–H and O–H groups in total. The predicted octanol–water partition coefficient (Wildman–Crippen LogP) is 6.35. The maximum atomic E-state index is 13.3. The van der Waals surface area contributed by atoms with Crippen molar-refractivity contribution in [3.63, 3.8) is 0 Å². The smallest absolute Gasteiger partial charge is 0.351 e. The van der Waals surface area contributed by atoms with Gasteiger partial charge in [-0.2, -0.15) is 18.2 Å². The maximum absolute atomic E-state index is 13.3. The fourth-order valence-electron chi connectivity index (χ4n) is 3.89. The van der Waals surface area contributed by atoms with Crippen LogP contribution in [-0.2, 0) is 6.18 Å². The van der Waals surface area contributed by atoms with Crippen LogP contribution in [0.3, 0.4) is 0 Å². The molecule has 1 aliphatic carbocycles. The van der Waals surface area contributed by atoms with E-state index in [1.165, 1.54) is 19.4 Å². The number of hydrogen-bond donors (Lipinski definition) is 2. The zero-order valence-electron chi connectivity index (χ0n) is 17.2. The topological polar surface area (TPSA) is 62.7 Å². The molecule has 1 fully saturated rings. The average Bonchev–Trinajstić information content (AvgIpc) is 2.75. The number of anilines is 3. The van der Waals surface area contributed by atoms with Gasteiger partial charge in [0.05, 0.1) is 11.3 Å². The number of rotatable bonds is 5. The van der Waals surface area contributed by atoms with Gasteiger partial charge >= 0.3 is 6.18 Å². The van der Waals surface area contributed by atoms with E-state index in [4.69, 9.17) is 0 Å². The van der Waals surface area contributed by atoms with Crippen molar-refractivity contribution in [3.05, 3.63) is 59.9 Å². The third-order valence-corrected chi connectivity index (χ3v) is 5.54. The molecule has 0 saturated heterocycles. The lowest BCUT2D eigenvalue weighted by Gasteiger charge is -2.23. The average molecular weight is 427 g/mol. The van der Waals surface area contributed by atoms with Gasteiger partial charge in [-0.25, -0.2) is 4.98 Å². The Labute approximate surface area is 179 Å². The molecule has 2 heterocycles. The van der Waals surface area contributed by atoms with Crippen LogP contribution in [0, 0.1) is 6.92 Å². The summed E-state index contributed by atoms with van der Waals surface area (Å²) in [5.41, 5.74) is 1.34. The first-order valence-electron chi connectivity index (χ1n) is 10.4. The molecule has 0 radical (unpaired) electrons. The molecular formula is C23H24F3N5. The monoisotopic (exact) mass is 427 g/mol. The molecule has 1 saturated carbocycles. The quantitative estimate of drug-likeness (QED) is 0.496. The van der Waals surface area contributed by atoms with Gasteiger partial charge in [-0.1, -0.05) is 25.3 Å². The summed E-state index contributed by atoms with van der Waals surface area (Å²) in [5, 5.41) is 6.48. The summed E-state index contributed by atoms with van der Waals surface area (Å²) in [7, 11) is 0. The number of benzene rings is 1. The second kappa shape index (κ2) is 8.91. The number of halogens is 3. The second-order valence-electron chi connectivity index (χ2n) is 7.78. The number of hydrogen-bond acceptors (Lipinski definition) is 5. The van der Waals surface area contributed by atoms with Crippen LogP contribution >= 0.6 is 0 Å². The highest BCUT2D eigenvalue weighted by Gasteiger charge is 2.33. The van der Waals surface area contributed by atoms with Crippen molar-refractivity contribution >= 4 is 17.5 Å². The minimum absolute atomic E-state index is 0.126. The number of alkyl halides is 3. The molecule has 0 spiro atoms. The molecule has 8 heteroatoms. The SMILES string of the molecule is Cc1c(Nc2cc(-c3ccncc3)nc(NC3CCCCC3)n2)cccc1C(F)(F)F. The zero-order chi connectivity index (χ0) is 21.8. The first-order valence-corrected chi connectivity index (χ1v) is 10.4. The van der Waals surface area contributed by atoms with E-state index in [2.05, 4.69) is 25.6 Å². The van der Waals surface area contributed by atoms with Crippen LogP contribution in [0.25, 0.3) is 11.3 Å². The van der Waals surface area contributed by atoms with E-state index < -0.39 is 11.7 Å². The molecule has 5 nitrogen and oxygen atoms in total. The summed E-state index contributed by atoms with van der Waals surface area (Å²) in [6.07, 6.45) is 4.61. The van der Waals surface area contributed by atoms with Crippen molar-refractivity contribution in [3.8, 4) is 11.3 Å². The lowest BCUT2D eigenvalue weighted by Crippen LogP contribution is -2.23. The van der Waals surface area contributed by atoms with Gasteiger partial charge in [0, 0.05) is 35.8 Å². The van der Waals surface area contributed by atoms with Crippen molar-refractivity contribution in [2.24, 2.45) is 0 Å². The van der Waals surface area contributed by atoms with Crippen molar-refractivity contribution < 1.29 is 13.2 Å². The van der Waals surface area contributed by atoms with E-state index in [0.29, 0.717) is 29.2 Å². The normalized spacial score (nSPS) is 15.0. The Morgan fingerprint density at radius 1 is 0.968 bits per heavy atom. The number of pyridine rings is 1. The Balaban J connectivity index is 1.69. The first kappa shape index (κ1) is 21.1. The van der Waals surface area contributed by atoms with Crippen LogP contribution in [0.15, 0.2) is 48.8 Å². The van der Waals surface area contributed by atoms with Crippen molar-refractivity contribution in [2.45, 2.75) is 51.2 Å². The van der Waals surface area contributed by atoms with Gasteiger partial charge in [-0.3, -0.25) is 4.98 Å². The van der Waals surface area contributed by atoms with Crippen molar-refractivity contribution in [2.75, 3.05) is 10.6 Å². The molecule has 0 atom stereocenters. The fourth-order valence-corrected chi connectivity index (χ4v) is 3.89. The van der Waals surface area contributed by atoms with E-state index in [1.54, 1.807) is 24.5 Å². The van der Waals surface area contributed by atoms with E-state index >= 15 is 0 Å². The third-order valence-electron chi connectivity index (χ3n) is 5.54. The van der Waals surface area contributed by atoms with Crippen molar-refractivity contribution in [1.29, 1.82) is 0 Å². The molecule has 1 aliphatic rings. The molecule has 0 unspecified atom stereocenters. The van der Waals surface area contributed by atoms with Gasteiger partial charge in [-0.05, 0) is 49.6 Å². The van der Waals surface area contributed by atoms with Gasteiger partial charge in [0.25, 0.3) is 0 Å². The zero-order valence-corrected chi connectivity index (χ0v) is 17.2. The minimum atomic E-state index is -4.41. The molecule has 3 aromatic rings. The summed E-state index contributed by atoms with van der Waals surface area (Å²) >= 11 is 0. The molecule has 1 aromatic carbocycles. The molecular weight excluding hydrogens is 403 g/mol. The molecule has 0 aliphatic heterocycles. The summed E-state index contributed by atoms with van der Waals surface area (Å²) in [5.74, 6) is 0.899. The van der Waals surface area contributed by atoms with Gasteiger partial charge in [0.1, 0.15) is 5.82 Å².